The minimum Gasteiger partial charge on any atom is -0.316 e. The molecule has 1 unspecified atom stereocenters. The van der Waals surface area contributed by atoms with E-state index in [0.29, 0.717) is 6.04 Å². The minimum atomic E-state index is 0.159. The van der Waals surface area contributed by atoms with Crippen LogP contribution in [0.5, 0.6) is 0 Å². The minimum absolute atomic E-state index is 0.159. The van der Waals surface area contributed by atoms with E-state index in [1.54, 1.807) is 0 Å². The van der Waals surface area contributed by atoms with Crippen LogP contribution < -0.4 is 16.4 Å². The number of piperidine rings is 1. The Morgan fingerprint density at radius 3 is 2.22 bits per heavy atom. The first-order valence-corrected chi connectivity index (χ1v) is 7.55. The molecule has 1 aliphatic heterocycles. The highest BCUT2D eigenvalue weighted by Gasteiger charge is 2.37. The zero-order valence-electron chi connectivity index (χ0n) is 13.0. The summed E-state index contributed by atoms with van der Waals surface area (Å²) in [7, 11) is 0. The van der Waals surface area contributed by atoms with Crippen LogP contribution in [0, 0.1) is 0 Å². The summed E-state index contributed by atoms with van der Waals surface area (Å²) in [6.45, 7) is 11.4. The number of hydrogen-bond donors (Lipinski definition) is 3. The van der Waals surface area contributed by atoms with Gasteiger partial charge >= 0.3 is 0 Å². The van der Waals surface area contributed by atoms with E-state index in [-0.39, 0.29) is 17.2 Å². The van der Waals surface area contributed by atoms with Gasteiger partial charge in [0.15, 0.2) is 0 Å². The predicted molar refractivity (Wildman–Crippen MR) is 79.6 cm³/mol. The van der Waals surface area contributed by atoms with Gasteiger partial charge < -0.3 is 11.1 Å². The summed E-state index contributed by atoms with van der Waals surface area (Å²) < 4.78 is 0. The lowest BCUT2D eigenvalue weighted by atomic mass is 9.79. The molecular weight excluding hydrogens is 222 g/mol. The summed E-state index contributed by atoms with van der Waals surface area (Å²) in [5.41, 5.74) is 6.58. The van der Waals surface area contributed by atoms with Crippen LogP contribution in [0.4, 0.5) is 0 Å². The Morgan fingerprint density at radius 2 is 1.72 bits per heavy atom. The lowest BCUT2D eigenvalue weighted by molar-refractivity contribution is 0.138. The molecule has 3 heteroatoms. The van der Waals surface area contributed by atoms with Gasteiger partial charge in [0.2, 0.25) is 0 Å². The molecule has 1 aliphatic rings. The second kappa shape index (κ2) is 6.36. The molecule has 18 heavy (non-hydrogen) atoms. The molecule has 3 nitrogen and oxygen atoms in total. The van der Waals surface area contributed by atoms with Crippen molar-refractivity contribution in [3.8, 4) is 0 Å². The molecule has 108 valence electrons. The van der Waals surface area contributed by atoms with Gasteiger partial charge in [-0.3, -0.25) is 5.32 Å². The van der Waals surface area contributed by atoms with Crippen LogP contribution in [-0.2, 0) is 0 Å². The van der Waals surface area contributed by atoms with E-state index in [4.69, 9.17) is 5.73 Å². The van der Waals surface area contributed by atoms with Crippen LogP contribution in [0.2, 0.25) is 0 Å². The van der Waals surface area contributed by atoms with Crippen molar-refractivity contribution >= 4 is 0 Å². The highest BCUT2D eigenvalue weighted by atomic mass is 15.1. The lowest BCUT2D eigenvalue weighted by Crippen LogP contribution is -2.63. The van der Waals surface area contributed by atoms with Gasteiger partial charge in [-0.1, -0.05) is 26.2 Å². The summed E-state index contributed by atoms with van der Waals surface area (Å²) in [6, 6.07) is 0.535. The molecule has 0 aromatic heterocycles. The average molecular weight is 255 g/mol. The molecule has 0 aromatic rings. The van der Waals surface area contributed by atoms with E-state index < -0.39 is 0 Å². The lowest BCUT2D eigenvalue weighted by Gasteiger charge is -2.47. The maximum atomic E-state index is 6.19. The largest absolute Gasteiger partial charge is 0.316 e. The smallest absolute Gasteiger partial charge is 0.0548 e. The van der Waals surface area contributed by atoms with Crippen LogP contribution >= 0.6 is 0 Å². The summed E-state index contributed by atoms with van der Waals surface area (Å²) >= 11 is 0. The van der Waals surface area contributed by atoms with Gasteiger partial charge in [-0.05, 0) is 47.0 Å². The fourth-order valence-corrected chi connectivity index (χ4v) is 3.44. The quantitative estimate of drug-likeness (QED) is 0.505. The normalized spacial score (nSPS) is 25.0. The molecule has 1 fully saturated rings. The number of unbranched alkanes of at least 4 members (excludes halogenated alkanes) is 2. The highest BCUT2D eigenvalue weighted by Crippen LogP contribution is 2.28. The summed E-state index contributed by atoms with van der Waals surface area (Å²) in [5, 5.41) is 7.33. The van der Waals surface area contributed by atoms with Crippen LogP contribution in [0.25, 0.3) is 0 Å². The Hall–Kier alpha value is -0.120. The van der Waals surface area contributed by atoms with Crippen molar-refractivity contribution in [2.75, 3.05) is 0 Å². The zero-order valence-corrected chi connectivity index (χ0v) is 13.0. The Morgan fingerprint density at radius 1 is 1.17 bits per heavy atom. The van der Waals surface area contributed by atoms with Crippen molar-refractivity contribution < 1.29 is 0 Å². The number of rotatable bonds is 6. The second-order valence-corrected chi connectivity index (χ2v) is 7.27. The van der Waals surface area contributed by atoms with Gasteiger partial charge in [-0.25, -0.2) is 0 Å². The molecule has 0 aliphatic carbocycles. The molecular formula is C15H33N3. The predicted octanol–water partition coefficient (Wildman–Crippen LogP) is 2.75. The van der Waals surface area contributed by atoms with E-state index in [1.165, 1.54) is 19.3 Å². The second-order valence-electron chi connectivity index (χ2n) is 7.27. The van der Waals surface area contributed by atoms with Crippen molar-refractivity contribution in [2.24, 2.45) is 5.73 Å². The van der Waals surface area contributed by atoms with Crippen LogP contribution in [0.15, 0.2) is 0 Å². The molecule has 1 heterocycles. The Bertz CT molecular complexity index is 232. The van der Waals surface area contributed by atoms with Crippen molar-refractivity contribution in [3.63, 3.8) is 0 Å². The number of hydrogen-bond acceptors (Lipinski definition) is 3. The standard InChI is InChI=1S/C15H33N3/c1-6-7-8-9-13(16)17-12-10-14(2,3)18-15(4,5)11-12/h12-13,17-18H,6-11,16H2,1-5H3. The third-order valence-corrected chi connectivity index (χ3v) is 3.76. The number of nitrogens with two attached hydrogens (primary N) is 1. The molecule has 1 saturated heterocycles. The number of nitrogens with one attached hydrogen (secondary N) is 2. The fraction of sp³-hybridized carbons (Fsp3) is 1.00. The summed E-state index contributed by atoms with van der Waals surface area (Å²) in [5.74, 6) is 0. The van der Waals surface area contributed by atoms with Crippen molar-refractivity contribution in [3.05, 3.63) is 0 Å². The van der Waals surface area contributed by atoms with Gasteiger partial charge in [-0.2, -0.15) is 0 Å². The monoisotopic (exact) mass is 255 g/mol. The fourth-order valence-electron chi connectivity index (χ4n) is 3.44. The molecule has 4 N–H and O–H groups in total. The third kappa shape index (κ3) is 5.68. The van der Waals surface area contributed by atoms with E-state index in [1.807, 2.05) is 0 Å². The highest BCUT2D eigenvalue weighted by molar-refractivity contribution is 4.99. The molecule has 1 rings (SSSR count). The van der Waals surface area contributed by atoms with E-state index in [0.717, 1.165) is 19.3 Å². The van der Waals surface area contributed by atoms with Crippen LogP contribution in [0.3, 0.4) is 0 Å². The Balaban J connectivity index is 2.41. The maximum absolute atomic E-state index is 6.19. The van der Waals surface area contributed by atoms with E-state index in [9.17, 15) is 0 Å². The first kappa shape index (κ1) is 15.9. The summed E-state index contributed by atoms with van der Waals surface area (Å²) in [4.78, 5) is 0. The van der Waals surface area contributed by atoms with Crippen LogP contribution in [0.1, 0.15) is 73.1 Å². The van der Waals surface area contributed by atoms with Gasteiger partial charge in [0, 0.05) is 17.1 Å². The van der Waals surface area contributed by atoms with Crippen molar-refractivity contribution in [1.29, 1.82) is 0 Å². The topological polar surface area (TPSA) is 50.1 Å². The SMILES string of the molecule is CCCCCC(N)NC1CC(C)(C)NC(C)(C)C1. The van der Waals surface area contributed by atoms with Gasteiger partial charge in [0.05, 0.1) is 6.17 Å². The molecule has 1 atom stereocenters. The molecule has 0 spiro atoms. The zero-order chi connectivity index (χ0) is 13.8. The van der Waals surface area contributed by atoms with Crippen molar-refractivity contribution in [1.82, 2.24) is 10.6 Å². The van der Waals surface area contributed by atoms with Gasteiger partial charge in [0.25, 0.3) is 0 Å². The van der Waals surface area contributed by atoms with Gasteiger partial charge in [-0.15, -0.1) is 0 Å². The molecule has 0 radical (unpaired) electrons. The Labute approximate surface area is 113 Å². The summed E-state index contributed by atoms with van der Waals surface area (Å²) in [6.07, 6.45) is 7.35. The molecule has 0 aromatic carbocycles. The van der Waals surface area contributed by atoms with E-state index in [2.05, 4.69) is 45.3 Å². The first-order valence-electron chi connectivity index (χ1n) is 7.55. The average Bonchev–Trinajstić information content (AvgIpc) is 2.12. The maximum Gasteiger partial charge on any atom is 0.0548 e. The van der Waals surface area contributed by atoms with Gasteiger partial charge in [0.1, 0.15) is 0 Å². The van der Waals surface area contributed by atoms with E-state index >= 15 is 0 Å². The Kier molecular flexibility index (Phi) is 5.63. The molecule has 0 saturated carbocycles. The molecule has 0 bridgehead atoms. The first-order chi connectivity index (χ1) is 8.24. The van der Waals surface area contributed by atoms with Crippen molar-refractivity contribution in [2.45, 2.75) is 96.4 Å². The molecule has 0 amide bonds. The van der Waals surface area contributed by atoms with Crippen LogP contribution in [-0.4, -0.2) is 23.3 Å². The third-order valence-electron chi connectivity index (χ3n) is 3.76.